The van der Waals surface area contributed by atoms with E-state index in [0.717, 1.165) is 11.1 Å². The van der Waals surface area contributed by atoms with E-state index >= 15 is 0 Å². The van der Waals surface area contributed by atoms with Crippen LogP contribution in [0.15, 0.2) is 64.6 Å². The molecule has 0 heterocycles. The molecular weight excluding hydrogens is 468 g/mol. The number of benzene rings is 2. The van der Waals surface area contributed by atoms with Crippen LogP contribution < -0.4 is 5.73 Å². The summed E-state index contributed by atoms with van der Waals surface area (Å²) in [6.45, 7) is 4.06. The fraction of sp³-hybridized carbons (Fsp3) is 0.462. The predicted octanol–water partition coefficient (Wildman–Crippen LogP) is 4.54. The van der Waals surface area contributed by atoms with Crippen molar-refractivity contribution in [3.05, 3.63) is 65.7 Å². The van der Waals surface area contributed by atoms with Crippen LogP contribution in [0.1, 0.15) is 56.6 Å². The largest absolute Gasteiger partial charge is 0.461 e. The molecule has 3 N–H and O–H groups in total. The molecule has 0 spiro atoms. The molecule has 0 saturated heterocycles. The van der Waals surface area contributed by atoms with Crippen molar-refractivity contribution in [2.45, 2.75) is 63.9 Å². The minimum Gasteiger partial charge on any atom is -0.461 e. The molecule has 3 rings (SSSR count). The van der Waals surface area contributed by atoms with E-state index in [1.807, 2.05) is 44.2 Å². The van der Waals surface area contributed by atoms with E-state index in [1.165, 1.54) is 12.1 Å². The van der Waals surface area contributed by atoms with Crippen molar-refractivity contribution in [3.8, 4) is 0 Å². The maximum atomic E-state index is 12.7. The highest BCUT2D eigenvalue weighted by Gasteiger charge is 2.47. The van der Waals surface area contributed by atoms with E-state index < -0.39 is 26.9 Å². The number of hydrogen-bond donors (Lipinski definition) is 2. The van der Waals surface area contributed by atoms with Gasteiger partial charge >= 0.3 is 5.97 Å². The van der Waals surface area contributed by atoms with Gasteiger partial charge in [0.1, 0.15) is 12.4 Å². The molecule has 35 heavy (non-hydrogen) atoms. The summed E-state index contributed by atoms with van der Waals surface area (Å²) in [4.78, 5) is 12.8. The summed E-state index contributed by atoms with van der Waals surface area (Å²) in [5, 5.41) is 12.6. The molecule has 0 amide bonds. The molecule has 0 atom stereocenters. The van der Waals surface area contributed by atoms with Crippen molar-refractivity contribution >= 4 is 21.9 Å². The summed E-state index contributed by atoms with van der Waals surface area (Å²) >= 11 is 0. The van der Waals surface area contributed by atoms with Gasteiger partial charge in [-0.2, -0.15) is 8.42 Å². The number of aryl methyl sites for hydroxylation is 1. The number of amidine groups is 1. The van der Waals surface area contributed by atoms with Crippen LogP contribution in [0.5, 0.6) is 0 Å². The molecule has 2 aromatic carbocycles. The lowest BCUT2D eigenvalue weighted by molar-refractivity contribution is -0.147. The summed E-state index contributed by atoms with van der Waals surface area (Å²) in [5.41, 5.74) is 6.65. The first kappa shape index (κ1) is 26.7. The SMILES string of the molecule is CCC1(COS(=O)(=O)c2ccc(C)cc2)CCC(CC(=O)OCc2ccccc2)(C(N)=NO)CC1. The zero-order valence-electron chi connectivity index (χ0n) is 20.3. The van der Waals surface area contributed by atoms with E-state index in [2.05, 4.69) is 5.16 Å². The van der Waals surface area contributed by atoms with Gasteiger partial charge < -0.3 is 15.7 Å². The lowest BCUT2D eigenvalue weighted by atomic mass is 9.61. The Kier molecular flexibility index (Phi) is 8.56. The fourth-order valence-electron chi connectivity index (χ4n) is 4.53. The van der Waals surface area contributed by atoms with Crippen LogP contribution in [-0.2, 0) is 30.4 Å². The first-order chi connectivity index (χ1) is 16.6. The van der Waals surface area contributed by atoms with Crippen LogP contribution in [-0.4, -0.2) is 32.0 Å². The van der Waals surface area contributed by atoms with Gasteiger partial charge in [0, 0.05) is 5.41 Å². The maximum absolute atomic E-state index is 12.7. The minimum atomic E-state index is -3.89. The molecule has 2 aromatic rings. The average Bonchev–Trinajstić information content (AvgIpc) is 2.87. The van der Waals surface area contributed by atoms with Crippen molar-refractivity contribution in [2.24, 2.45) is 21.7 Å². The number of hydrogen-bond acceptors (Lipinski definition) is 7. The van der Waals surface area contributed by atoms with E-state index in [4.69, 9.17) is 14.7 Å². The van der Waals surface area contributed by atoms with Gasteiger partial charge in [0.15, 0.2) is 0 Å². The summed E-state index contributed by atoms with van der Waals surface area (Å²) in [5.74, 6) is -0.435. The van der Waals surface area contributed by atoms with Crippen LogP contribution in [0, 0.1) is 17.8 Å². The van der Waals surface area contributed by atoms with Gasteiger partial charge in [-0.1, -0.05) is 60.1 Å². The van der Waals surface area contributed by atoms with Gasteiger partial charge in [-0.05, 0) is 62.1 Å². The first-order valence-corrected chi connectivity index (χ1v) is 13.2. The van der Waals surface area contributed by atoms with Gasteiger partial charge in [0.2, 0.25) is 0 Å². The zero-order chi connectivity index (χ0) is 25.5. The third-order valence-electron chi connectivity index (χ3n) is 7.22. The molecule has 0 aliphatic heterocycles. The molecule has 0 unspecified atom stereocenters. The zero-order valence-corrected chi connectivity index (χ0v) is 21.1. The Morgan fingerprint density at radius 3 is 2.26 bits per heavy atom. The number of ether oxygens (including phenoxy) is 1. The van der Waals surface area contributed by atoms with Crippen LogP contribution in [0.25, 0.3) is 0 Å². The standard InChI is InChI=1S/C26H34N2O6S/c1-3-25(19-34-35(31,32)22-11-9-20(2)10-12-22)13-15-26(16-14-25,24(27)28-30)17-23(29)33-18-21-7-5-4-6-8-21/h4-12,30H,3,13-19H2,1-2H3,(H2,27,28). The molecule has 1 aliphatic carbocycles. The third kappa shape index (κ3) is 6.61. The Morgan fingerprint density at radius 1 is 1.06 bits per heavy atom. The Bertz CT molecular complexity index is 1120. The Hall–Kier alpha value is -2.91. The quantitative estimate of drug-likeness (QED) is 0.122. The van der Waals surface area contributed by atoms with Crippen molar-refractivity contribution in [3.63, 3.8) is 0 Å². The van der Waals surface area contributed by atoms with Crippen LogP contribution >= 0.6 is 0 Å². The molecule has 1 saturated carbocycles. The molecule has 0 bridgehead atoms. The molecule has 190 valence electrons. The summed E-state index contributed by atoms with van der Waals surface area (Å²) < 4.78 is 36.3. The smallest absolute Gasteiger partial charge is 0.307 e. The second-order valence-electron chi connectivity index (χ2n) is 9.47. The fourth-order valence-corrected chi connectivity index (χ4v) is 5.54. The van der Waals surface area contributed by atoms with Crippen molar-refractivity contribution in [1.82, 2.24) is 0 Å². The van der Waals surface area contributed by atoms with Crippen molar-refractivity contribution in [2.75, 3.05) is 6.61 Å². The highest BCUT2D eigenvalue weighted by Crippen LogP contribution is 2.49. The second kappa shape index (κ2) is 11.2. The number of carbonyl (C=O) groups excluding carboxylic acids is 1. The number of esters is 1. The molecule has 8 nitrogen and oxygen atoms in total. The first-order valence-electron chi connectivity index (χ1n) is 11.8. The average molecular weight is 503 g/mol. The normalized spacial score (nSPS) is 23.1. The molecular formula is C26H34N2O6S. The number of carbonyl (C=O) groups is 1. The van der Waals surface area contributed by atoms with Gasteiger partial charge in [-0.3, -0.25) is 8.98 Å². The Balaban J connectivity index is 1.65. The summed E-state index contributed by atoms with van der Waals surface area (Å²) in [7, 11) is -3.89. The van der Waals surface area contributed by atoms with Crippen LogP contribution in [0.2, 0.25) is 0 Å². The third-order valence-corrected chi connectivity index (χ3v) is 8.50. The Labute approximate surface area is 207 Å². The highest BCUT2D eigenvalue weighted by molar-refractivity contribution is 7.86. The Morgan fingerprint density at radius 2 is 1.69 bits per heavy atom. The molecule has 0 radical (unpaired) electrons. The van der Waals surface area contributed by atoms with Gasteiger partial charge in [0.05, 0.1) is 17.9 Å². The van der Waals surface area contributed by atoms with Crippen LogP contribution in [0.4, 0.5) is 0 Å². The van der Waals surface area contributed by atoms with Crippen molar-refractivity contribution < 1.29 is 27.3 Å². The van der Waals surface area contributed by atoms with Gasteiger partial charge in [0.25, 0.3) is 10.1 Å². The van der Waals surface area contributed by atoms with E-state index in [-0.39, 0.29) is 30.4 Å². The van der Waals surface area contributed by atoms with E-state index in [0.29, 0.717) is 32.1 Å². The monoisotopic (exact) mass is 502 g/mol. The minimum absolute atomic E-state index is 0.00735. The van der Waals surface area contributed by atoms with Gasteiger partial charge in [-0.15, -0.1) is 0 Å². The molecule has 0 aromatic heterocycles. The molecule has 1 aliphatic rings. The number of oxime groups is 1. The number of nitrogens with zero attached hydrogens (tertiary/aromatic N) is 1. The van der Waals surface area contributed by atoms with Gasteiger partial charge in [-0.25, -0.2) is 0 Å². The summed E-state index contributed by atoms with van der Waals surface area (Å²) in [6.07, 6.45) is 2.71. The maximum Gasteiger partial charge on any atom is 0.307 e. The topological polar surface area (TPSA) is 128 Å². The molecule has 1 fully saturated rings. The predicted molar refractivity (Wildman–Crippen MR) is 132 cm³/mol. The summed E-state index contributed by atoms with van der Waals surface area (Å²) in [6, 6.07) is 15.9. The van der Waals surface area contributed by atoms with Crippen LogP contribution in [0.3, 0.4) is 0 Å². The lowest BCUT2D eigenvalue weighted by Crippen LogP contribution is -2.46. The van der Waals surface area contributed by atoms with E-state index in [1.54, 1.807) is 12.1 Å². The van der Waals surface area contributed by atoms with E-state index in [9.17, 15) is 18.4 Å². The number of rotatable bonds is 10. The number of nitrogens with two attached hydrogens (primary N) is 1. The lowest BCUT2D eigenvalue weighted by Gasteiger charge is -2.45. The second-order valence-corrected chi connectivity index (χ2v) is 11.1. The highest BCUT2D eigenvalue weighted by atomic mass is 32.2. The molecule has 9 heteroatoms. The van der Waals surface area contributed by atoms with Crippen molar-refractivity contribution in [1.29, 1.82) is 0 Å².